The summed E-state index contributed by atoms with van der Waals surface area (Å²) >= 11 is 0. The van der Waals surface area contributed by atoms with Crippen molar-refractivity contribution in [1.29, 1.82) is 0 Å². The van der Waals surface area contributed by atoms with Crippen molar-refractivity contribution in [1.82, 2.24) is 0 Å². The minimum absolute atomic E-state index is 0.0130. The molecule has 1 fully saturated rings. The number of aromatic carboxylic acids is 1. The number of furan rings is 1. The number of amides is 1. The average molecular weight is 528 g/mol. The van der Waals surface area contributed by atoms with Gasteiger partial charge in [-0.3, -0.25) is 4.79 Å². The van der Waals surface area contributed by atoms with Gasteiger partial charge < -0.3 is 19.2 Å². The first-order valence-electron chi connectivity index (χ1n) is 14.0. The van der Waals surface area contributed by atoms with E-state index in [2.05, 4.69) is 19.1 Å². The molecule has 5 rings (SSSR count). The third-order valence-electron chi connectivity index (χ3n) is 7.91. The van der Waals surface area contributed by atoms with Gasteiger partial charge in [-0.15, -0.1) is 0 Å². The van der Waals surface area contributed by atoms with Gasteiger partial charge in [-0.1, -0.05) is 43.3 Å². The summed E-state index contributed by atoms with van der Waals surface area (Å²) in [6.45, 7) is 7.19. The zero-order valence-corrected chi connectivity index (χ0v) is 23.0. The molecule has 1 aromatic heterocycles. The Labute approximate surface area is 229 Å². The van der Waals surface area contributed by atoms with Crippen LogP contribution in [0.3, 0.4) is 0 Å². The van der Waals surface area contributed by atoms with Crippen molar-refractivity contribution < 1.29 is 23.8 Å². The predicted molar refractivity (Wildman–Crippen MR) is 154 cm³/mol. The van der Waals surface area contributed by atoms with Crippen LogP contribution in [0.4, 0.5) is 5.69 Å². The van der Waals surface area contributed by atoms with Gasteiger partial charge in [0.2, 0.25) is 5.91 Å². The third-order valence-corrected chi connectivity index (χ3v) is 7.91. The number of hydrogen-bond acceptors (Lipinski definition) is 4. The predicted octanol–water partition coefficient (Wildman–Crippen LogP) is 7.61. The Bertz CT molecular complexity index is 1460. The number of ether oxygens (including phenoxy) is 1. The molecule has 1 saturated carbocycles. The maximum atomic E-state index is 13.8. The van der Waals surface area contributed by atoms with Crippen molar-refractivity contribution in [3.8, 4) is 0 Å². The van der Waals surface area contributed by atoms with Crippen LogP contribution in [0.1, 0.15) is 67.9 Å². The van der Waals surface area contributed by atoms with Gasteiger partial charge in [0.25, 0.3) is 0 Å². The summed E-state index contributed by atoms with van der Waals surface area (Å²) < 4.78 is 12.0. The van der Waals surface area contributed by atoms with Crippen molar-refractivity contribution in [2.75, 3.05) is 11.5 Å². The number of fused-ring (bicyclic) bond motifs is 3. The number of hydrogen-bond donors (Lipinski definition) is 1. The molecular weight excluding hydrogens is 490 g/mol. The van der Waals surface area contributed by atoms with Crippen molar-refractivity contribution in [3.05, 3.63) is 77.4 Å². The fourth-order valence-electron chi connectivity index (χ4n) is 5.70. The molecule has 1 amide bonds. The molecule has 0 aliphatic heterocycles. The second-order valence-electron chi connectivity index (χ2n) is 11.2. The van der Waals surface area contributed by atoms with Crippen molar-refractivity contribution in [2.45, 2.75) is 65.5 Å². The highest BCUT2D eigenvalue weighted by molar-refractivity contribution is 6.12. The number of carboxylic acids is 1. The highest BCUT2D eigenvalue weighted by atomic mass is 16.5. The Morgan fingerprint density at radius 3 is 2.36 bits per heavy atom. The second-order valence-corrected chi connectivity index (χ2v) is 11.2. The molecule has 1 N–H and O–H groups in total. The number of rotatable bonds is 9. The lowest BCUT2D eigenvalue weighted by Crippen LogP contribution is -2.42. The fourth-order valence-corrected chi connectivity index (χ4v) is 5.70. The second kappa shape index (κ2) is 11.6. The van der Waals surface area contributed by atoms with Crippen molar-refractivity contribution >= 4 is 39.5 Å². The van der Waals surface area contributed by atoms with Crippen LogP contribution >= 0.6 is 0 Å². The average Bonchev–Trinajstić information content (AvgIpc) is 3.28. The third kappa shape index (κ3) is 5.86. The Kier molecular flexibility index (Phi) is 8.03. The first kappa shape index (κ1) is 26.9. The molecule has 0 radical (unpaired) electrons. The molecule has 3 aromatic carbocycles. The van der Waals surface area contributed by atoms with E-state index in [9.17, 15) is 14.7 Å². The van der Waals surface area contributed by atoms with Gasteiger partial charge in [0.05, 0.1) is 24.5 Å². The maximum absolute atomic E-state index is 13.8. The smallest absolute Gasteiger partial charge is 0.337 e. The van der Waals surface area contributed by atoms with Crippen LogP contribution < -0.4 is 4.90 Å². The molecule has 0 unspecified atom stereocenters. The van der Waals surface area contributed by atoms with Crippen LogP contribution in [0, 0.1) is 11.8 Å². The molecule has 39 heavy (non-hydrogen) atoms. The largest absolute Gasteiger partial charge is 0.478 e. The number of benzene rings is 3. The molecule has 1 aliphatic rings. The minimum atomic E-state index is -1.07. The monoisotopic (exact) mass is 527 g/mol. The standard InChI is InChI=1S/C33H37NO5/c1-21(2)34(32(35)25-12-9-22(3)10-13-25)29-18-27-26-17-24(20-38-16-15-23-7-5-4-6-8-23)11-14-30(26)39-31(27)19-28(29)33(36)37/h4-8,11,14,17-19,21-22,25H,9-10,12-13,15-16,20H2,1-3H3,(H,36,37). The van der Waals surface area contributed by atoms with E-state index in [1.54, 1.807) is 11.0 Å². The summed E-state index contributed by atoms with van der Waals surface area (Å²) in [4.78, 5) is 27.8. The maximum Gasteiger partial charge on any atom is 0.337 e. The van der Waals surface area contributed by atoms with Crippen LogP contribution in [-0.2, 0) is 22.6 Å². The van der Waals surface area contributed by atoms with Crippen LogP contribution in [0.25, 0.3) is 21.9 Å². The van der Waals surface area contributed by atoms with E-state index in [1.165, 1.54) is 5.56 Å². The molecule has 1 heterocycles. The van der Waals surface area contributed by atoms with Crippen LogP contribution in [0.2, 0.25) is 0 Å². The Hall–Kier alpha value is -3.64. The van der Waals surface area contributed by atoms with Gasteiger partial charge in [0.15, 0.2) is 0 Å². The first-order chi connectivity index (χ1) is 18.8. The van der Waals surface area contributed by atoms with E-state index in [1.807, 2.05) is 56.3 Å². The molecule has 1 aliphatic carbocycles. The summed E-state index contributed by atoms with van der Waals surface area (Å²) in [6, 6.07) is 19.4. The Morgan fingerprint density at radius 1 is 0.949 bits per heavy atom. The van der Waals surface area contributed by atoms with Gasteiger partial charge in [-0.25, -0.2) is 4.79 Å². The van der Waals surface area contributed by atoms with Gasteiger partial charge in [-0.05, 0) is 87.3 Å². The lowest BCUT2D eigenvalue weighted by atomic mass is 9.82. The van der Waals surface area contributed by atoms with E-state index < -0.39 is 5.97 Å². The highest BCUT2D eigenvalue weighted by Crippen LogP contribution is 2.38. The van der Waals surface area contributed by atoms with Crippen LogP contribution in [0.5, 0.6) is 0 Å². The molecule has 6 nitrogen and oxygen atoms in total. The van der Waals surface area contributed by atoms with Crippen molar-refractivity contribution in [3.63, 3.8) is 0 Å². The topological polar surface area (TPSA) is 80.0 Å². The number of carbonyl (C=O) groups excluding carboxylic acids is 1. The van der Waals surface area contributed by atoms with Gasteiger partial charge >= 0.3 is 5.97 Å². The lowest BCUT2D eigenvalue weighted by molar-refractivity contribution is -0.123. The molecule has 204 valence electrons. The van der Waals surface area contributed by atoms with Crippen molar-refractivity contribution in [2.24, 2.45) is 11.8 Å². The summed E-state index contributed by atoms with van der Waals surface area (Å²) in [5, 5.41) is 11.8. The SMILES string of the molecule is CC1CCC(C(=O)N(c2cc3c(cc2C(=O)O)oc2ccc(COCCc4ccccc4)cc23)C(C)C)CC1. The molecule has 0 saturated heterocycles. The van der Waals surface area contributed by atoms with Gasteiger partial charge in [0.1, 0.15) is 11.2 Å². The normalized spacial score (nSPS) is 17.6. The Morgan fingerprint density at radius 2 is 1.67 bits per heavy atom. The lowest BCUT2D eigenvalue weighted by Gasteiger charge is -2.34. The van der Waals surface area contributed by atoms with E-state index in [-0.39, 0.29) is 23.4 Å². The molecular formula is C33H37NO5. The molecule has 0 bridgehead atoms. The van der Waals surface area contributed by atoms with E-state index in [0.29, 0.717) is 36.0 Å². The summed E-state index contributed by atoms with van der Waals surface area (Å²) in [5.41, 5.74) is 3.93. The summed E-state index contributed by atoms with van der Waals surface area (Å²) in [6.07, 6.45) is 4.58. The molecule has 0 spiro atoms. The Balaban J connectivity index is 1.45. The quantitative estimate of drug-likeness (QED) is 0.227. The van der Waals surface area contributed by atoms with E-state index in [4.69, 9.17) is 9.15 Å². The molecule has 4 aromatic rings. The summed E-state index contributed by atoms with van der Waals surface area (Å²) in [5.74, 6) is -0.516. The number of anilines is 1. The number of carbonyl (C=O) groups is 2. The minimum Gasteiger partial charge on any atom is -0.478 e. The molecule has 0 atom stereocenters. The van der Waals surface area contributed by atoms with Gasteiger partial charge in [0, 0.05) is 22.7 Å². The highest BCUT2D eigenvalue weighted by Gasteiger charge is 2.33. The van der Waals surface area contributed by atoms with Gasteiger partial charge in [-0.2, -0.15) is 0 Å². The van der Waals surface area contributed by atoms with E-state index >= 15 is 0 Å². The molecule has 6 heteroatoms. The fraction of sp³-hybridized carbons (Fsp3) is 0.394. The number of nitrogens with zero attached hydrogens (tertiary/aromatic N) is 1. The zero-order valence-electron chi connectivity index (χ0n) is 23.0. The number of carboxylic acid groups (broad SMARTS) is 1. The zero-order chi connectivity index (χ0) is 27.5. The van der Waals surface area contributed by atoms with E-state index in [0.717, 1.165) is 48.4 Å². The van der Waals surface area contributed by atoms with Crippen LogP contribution in [0.15, 0.2) is 65.1 Å². The first-order valence-corrected chi connectivity index (χ1v) is 14.0. The summed E-state index contributed by atoms with van der Waals surface area (Å²) in [7, 11) is 0. The van der Waals surface area contributed by atoms with Crippen LogP contribution in [-0.4, -0.2) is 29.6 Å².